The fraction of sp³-hybridized carbons (Fsp3) is 1.00. The zero-order valence-electron chi connectivity index (χ0n) is 8.07. The first kappa shape index (κ1) is 10.9. The molecule has 3 heteroatoms. The van der Waals surface area contributed by atoms with Crippen LogP contribution >= 0.6 is 0 Å². The van der Waals surface area contributed by atoms with E-state index < -0.39 is 0 Å². The molecule has 0 amide bonds. The third-order valence-corrected chi connectivity index (χ3v) is 1.92. The molecule has 0 saturated heterocycles. The SMILES string of the molecule is CCC(NC)NC(CC)NC. The smallest absolute Gasteiger partial charge is 0.0578 e. The second-order valence-corrected chi connectivity index (χ2v) is 2.67. The lowest BCUT2D eigenvalue weighted by Crippen LogP contribution is -2.50. The van der Waals surface area contributed by atoms with Crippen LogP contribution in [-0.2, 0) is 0 Å². The van der Waals surface area contributed by atoms with Crippen LogP contribution in [0.5, 0.6) is 0 Å². The van der Waals surface area contributed by atoms with Gasteiger partial charge >= 0.3 is 0 Å². The lowest BCUT2D eigenvalue weighted by molar-refractivity contribution is 0.344. The Hall–Kier alpha value is -0.120. The molecule has 0 aliphatic rings. The van der Waals surface area contributed by atoms with Gasteiger partial charge in [-0.3, -0.25) is 5.32 Å². The van der Waals surface area contributed by atoms with Crippen molar-refractivity contribution in [1.82, 2.24) is 16.0 Å². The van der Waals surface area contributed by atoms with Crippen LogP contribution in [0, 0.1) is 0 Å². The Balaban J connectivity index is 3.58. The van der Waals surface area contributed by atoms with E-state index in [-0.39, 0.29) is 0 Å². The van der Waals surface area contributed by atoms with Crippen molar-refractivity contribution in [3.8, 4) is 0 Å². The van der Waals surface area contributed by atoms with E-state index in [9.17, 15) is 0 Å². The highest BCUT2D eigenvalue weighted by molar-refractivity contribution is 4.65. The van der Waals surface area contributed by atoms with Gasteiger partial charge < -0.3 is 10.6 Å². The number of hydrogen-bond acceptors (Lipinski definition) is 3. The fourth-order valence-electron chi connectivity index (χ4n) is 1.05. The maximum atomic E-state index is 3.43. The Morgan fingerprint density at radius 1 is 0.909 bits per heavy atom. The van der Waals surface area contributed by atoms with Crippen LogP contribution in [0.2, 0.25) is 0 Å². The molecule has 0 fully saturated rings. The largest absolute Gasteiger partial charge is 0.305 e. The van der Waals surface area contributed by atoms with Gasteiger partial charge in [-0.2, -0.15) is 0 Å². The Morgan fingerprint density at radius 2 is 1.27 bits per heavy atom. The van der Waals surface area contributed by atoms with Gasteiger partial charge in [0.25, 0.3) is 0 Å². The summed E-state index contributed by atoms with van der Waals surface area (Å²) in [7, 11) is 3.95. The summed E-state index contributed by atoms with van der Waals surface area (Å²) in [4.78, 5) is 0. The van der Waals surface area contributed by atoms with E-state index in [1.165, 1.54) is 0 Å². The number of nitrogens with one attached hydrogen (secondary N) is 3. The molecular weight excluding hydrogens is 138 g/mol. The quantitative estimate of drug-likeness (QED) is 0.494. The van der Waals surface area contributed by atoms with Crippen LogP contribution in [0.25, 0.3) is 0 Å². The maximum absolute atomic E-state index is 3.43. The first-order valence-corrected chi connectivity index (χ1v) is 4.39. The molecule has 0 rings (SSSR count). The van der Waals surface area contributed by atoms with E-state index >= 15 is 0 Å². The summed E-state index contributed by atoms with van der Waals surface area (Å²) in [5.41, 5.74) is 0. The second-order valence-electron chi connectivity index (χ2n) is 2.67. The number of hydrogen-bond donors (Lipinski definition) is 3. The van der Waals surface area contributed by atoms with Crippen molar-refractivity contribution in [3.05, 3.63) is 0 Å². The predicted molar refractivity (Wildman–Crippen MR) is 49.4 cm³/mol. The maximum Gasteiger partial charge on any atom is 0.0578 e. The second kappa shape index (κ2) is 6.58. The van der Waals surface area contributed by atoms with E-state index in [0.29, 0.717) is 12.3 Å². The van der Waals surface area contributed by atoms with E-state index in [2.05, 4.69) is 29.8 Å². The lowest BCUT2D eigenvalue weighted by Gasteiger charge is -2.23. The molecule has 0 aromatic carbocycles. The van der Waals surface area contributed by atoms with Gasteiger partial charge in [-0.1, -0.05) is 13.8 Å². The van der Waals surface area contributed by atoms with Crippen LogP contribution in [0.15, 0.2) is 0 Å². The van der Waals surface area contributed by atoms with E-state index in [1.54, 1.807) is 0 Å². The van der Waals surface area contributed by atoms with Crippen LogP contribution < -0.4 is 16.0 Å². The minimum atomic E-state index is 0.424. The van der Waals surface area contributed by atoms with E-state index in [1.807, 2.05) is 14.1 Å². The molecular formula is C8H21N3. The monoisotopic (exact) mass is 159 g/mol. The Morgan fingerprint density at radius 3 is 1.45 bits per heavy atom. The fourth-order valence-corrected chi connectivity index (χ4v) is 1.05. The molecule has 0 heterocycles. The van der Waals surface area contributed by atoms with Gasteiger partial charge in [-0.25, -0.2) is 0 Å². The van der Waals surface area contributed by atoms with Crippen molar-refractivity contribution in [3.63, 3.8) is 0 Å². The van der Waals surface area contributed by atoms with Crippen LogP contribution in [0.1, 0.15) is 26.7 Å². The van der Waals surface area contributed by atoms with Crippen LogP contribution in [-0.4, -0.2) is 26.4 Å². The van der Waals surface area contributed by atoms with Gasteiger partial charge in [-0.05, 0) is 26.9 Å². The van der Waals surface area contributed by atoms with Gasteiger partial charge in [0.05, 0.1) is 12.3 Å². The third-order valence-electron chi connectivity index (χ3n) is 1.92. The Kier molecular flexibility index (Phi) is 6.51. The van der Waals surface area contributed by atoms with Gasteiger partial charge in [-0.15, -0.1) is 0 Å². The molecule has 0 spiro atoms. The summed E-state index contributed by atoms with van der Waals surface area (Å²) in [6, 6.07) is 0. The molecule has 0 aliphatic heterocycles. The summed E-state index contributed by atoms with van der Waals surface area (Å²) in [6.07, 6.45) is 3.06. The van der Waals surface area contributed by atoms with Gasteiger partial charge in [0.2, 0.25) is 0 Å². The molecule has 3 nitrogen and oxygen atoms in total. The standard InChI is InChI=1S/C8H21N3/c1-5-7(9-3)11-8(6-2)10-4/h7-11H,5-6H2,1-4H3. The zero-order chi connectivity index (χ0) is 8.69. The normalized spacial score (nSPS) is 16.4. The number of rotatable bonds is 6. The third kappa shape index (κ3) is 4.35. The Labute approximate surface area is 69.9 Å². The van der Waals surface area contributed by atoms with E-state index in [0.717, 1.165) is 12.8 Å². The first-order valence-electron chi connectivity index (χ1n) is 4.39. The minimum Gasteiger partial charge on any atom is -0.305 e. The van der Waals surface area contributed by atoms with Gasteiger partial charge in [0.15, 0.2) is 0 Å². The van der Waals surface area contributed by atoms with Gasteiger partial charge in [0, 0.05) is 0 Å². The highest BCUT2D eigenvalue weighted by Gasteiger charge is 2.07. The molecule has 0 aromatic heterocycles. The van der Waals surface area contributed by atoms with Crippen molar-refractivity contribution in [2.75, 3.05) is 14.1 Å². The topological polar surface area (TPSA) is 36.1 Å². The van der Waals surface area contributed by atoms with Crippen molar-refractivity contribution in [1.29, 1.82) is 0 Å². The molecule has 0 saturated carbocycles. The van der Waals surface area contributed by atoms with Crippen LogP contribution in [0.3, 0.4) is 0 Å². The molecule has 3 N–H and O–H groups in total. The van der Waals surface area contributed by atoms with Crippen molar-refractivity contribution in [2.24, 2.45) is 0 Å². The van der Waals surface area contributed by atoms with E-state index in [4.69, 9.17) is 0 Å². The molecule has 68 valence electrons. The average molecular weight is 159 g/mol. The summed E-state index contributed by atoms with van der Waals surface area (Å²) in [6.45, 7) is 4.33. The summed E-state index contributed by atoms with van der Waals surface area (Å²) in [5.74, 6) is 0. The highest BCUT2D eigenvalue weighted by Crippen LogP contribution is 1.90. The van der Waals surface area contributed by atoms with Crippen LogP contribution in [0.4, 0.5) is 0 Å². The molecule has 2 atom stereocenters. The molecule has 2 unspecified atom stereocenters. The van der Waals surface area contributed by atoms with Crippen molar-refractivity contribution >= 4 is 0 Å². The van der Waals surface area contributed by atoms with Crippen molar-refractivity contribution in [2.45, 2.75) is 39.0 Å². The molecule has 11 heavy (non-hydrogen) atoms. The van der Waals surface area contributed by atoms with Crippen molar-refractivity contribution < 1.29 is 0 Å². The lowest BCUT2D eigenvalue weighted by atomic mass is 10.3. The first-order chi connectivity index (χ1) is 5.28. The molecule has 0 aliphatic carbocycles. The summed E-state index contributed by atoms with van der Waals surface area (Å²) in [5, 5.41) is 9.83. The molecule has 0 bridgehead atoms. The summed E-state index contributed by atoms with van der Waals surface area (Å²) >= 11 is 0. The molecule has 0 aromatic rings. The molecule has 0 radical (unpaired) electrons. The minimum absolute atomic E-state index is 0.424. The zero-order valence-corrected chi connectivity index (χ0v) is 8.07. The van der Waals surface area contributed by atoms with Gasteiger partial charge in [0.1, 0.15) is 0 Å². The highest BCUT2D eigenvalue weighted by atomic mass is 15.2. The summed E-state index contributed by atoms with van der Waals surface area (Å²) < 4.78 is 0. The Bertz CT molecular complexity index is 67.4. The average Bonchev–Trinajstić information content (AvgIpc) is 2.07. The predicted octanol–water partition coefficient (Wildman–Crippen LogP) is 0.487.